The van der Waals surface area contributed by atoms with Crippen LogP contribution in [0.15, 0.2) is 24.3 Å². The Balaban J connectivity index is 2.90. The Hall–Kier alpha value is -2.04. The summed E-state index contributed by atoms with van der Waals surface area (Å²) < 4.78 is 5.14. The fraction of sp³-hybridized carbons (Fsp3) is 0.556. The number of carbonyl (C=O) groups is 2. The SMILES string of the molecule is CCC(=O)N(Cc1ccc(OC)cc1)C(C)C(=O)NC(C)(C)C. The van der Waals surface area contributed by atoms with Crippen molar-refractivity contribution in [3.63, 3.8) is 0 Å². The Bertz CT molecular complexity index is 532. The van der Waals surface area contributed by atoms with Gasteiger partial charge in [0.1, 0.15) is 11.8 Å². The highest BCUT2D eigenvalue weighted by atomic mass is 16.5. The van der Waals surface area contributed by atoms with Crippen molar-refractivity contribution >= 4 is 11.8 Å². The topological polar surface area (TPSA) is 58.6 Å². The summed E-state index contributed by atoms with van der Waals surface area (Å²) in [6.45, 7) is 9.73. The van der Waals surface area contributed by atoms with Crippen molar-refractivity contribution in [2.24, 2.45) is 0 Å². The van der Waals surface area contributed by atoms with E-state index in [0.717, 1.165) is 11.3 Å². The van der Waals surface area contributed by atoms with E-state index in [9.17, 15) is 9.59 Å². The molecule has 0 aliphatic rings. The summed E-state index contributed by atoms with van der Waals surface area (Å²) in [4.78, 5) is 26.3. The highest BCUT2D eigenvalue weighted by Gasteiger charge is 2.27. The minimum Gasteiger partial charge on any atom is -0.497 e. The second kappa shape index (κ2) is 7.99. The number of hydrogen-bond acceptors (Lipinski definition) is 3. The van der Waals surface area contributed by atoms with E-state index in [1.807, 2.05) is 45.0 Å². The molecule has 0 bridgehead atoms. The predicted octanol–water partition coefficient (Wildman–Crippen LogP) is 2.74. The van der Waals surface area contributed by atoms with E-state index >= 15 is 0 Å². The van der Waals surface area contributed by atoms with Gasteiger partial charge in [0, 0.05) is 18.5 Å². The van der Waals surface area contributed by atoms with Crippen LogP contribution in [0.5, 0.6) is 5.75 Å². The number of carbonyl (C=O) groups excluding carboxylic acids is 2. The quantitative estimate of drug-likeness (QED) is 0.877. The van der Waals surface area contributed by atoms with Gasteiger partial charge in [-0.1, -0.05) is 19.1 Å². The van der Waals surface area contributed by atoms with Crippen LogP contribution in [-0.2, 0) is 16.1 Å². The zero-order valence-corrected chi connectivity index (χ0v) is 15.0. The lowest BCUT2D eigenvalue weighted by atomic mass is 10.1. The average Bonchev–Trinajstić information content (AvgIpc) is 2.50. The molecule has 1 rings (SSSR count). The second-order valence-electron chi connectivity index (χ2n) is 6.64. The molecule has 5 nitrogen and oxygen atoms in total. The third-order valence-corrected chi connectivity index (χ3v) is 3.48. The van der Waals surface area contributed by atoms with Gasteiger partial charge in [0.05, 0.1) is 7.11 Å². The second-order valence-corrected chi connectivity index (χ2v) is 6.64. The Morgan fingerprint density at radius 1 is 1.22 bits per heavy atom. The van der Waals surface area contributed by atoms with E-state index in [0.29, 0.717) is 13.0 Å². The van der Waals surface area contributed by atoms with Gasteiger partial charge < -0.3 is 15.0 Å². The minimum absolute atomic E-state index is 0.0441. The first kappa shape index (κ1) is 19.0. The Kier molecular flexibility index (Phi) is 6.61. The predicted molar refractivity (Wildman–Crippen MR) is 91.2 cm³/mol. The van der Waals surface area contributed by atoms with Gasteiger partial charge in [-0.3, -0.25) is 9.59 Å². The smallest absolute Gasteiger partial charge is 0.242 e. The third-order valence-electron chi connectivity index (χ3n) is 3.48. The molecule has 1 N–H and O–H groups in total. The number of hydrogen-bond donors (Lipinski definition) is 1. The molecule has 23 heavy (non-hydrogen) atoms. The highest BCUT2D eigenvalue weighted by Crippen LogP contribution is 2.16. The molecule has 5 heteroatoms. The molecule has 0 aliphatic carbocycles. The van der Waals surface area contributed by atoms with Gasteiger partial charge >= 0.3 is 0 Å². The lowest BCUT2D eigenvalue weighted by molar-refractivity contribution is -0.141. The number of nitrogens with one attached hydrogen (secondary N) is 1. The molecule has 1 unspecified atom stereocenters. The first-order chi connectivity index (χ1) is 10.7. The molecule has 0 aromatic heterocycles. The van der Waals surface area contributed by atoms with Crippen LogP contribution >= 0.6 is 0 Å². The van der Waals surface area contributed by atoms with E-state index in [1.54, 1.807) is 25.9 Å². The molecule has 0 saturated heterocycles. The summed E-state index contributed by atoms with van der Waals surface area (Å²) in [5.41, 5.74) is 0.634. The van der Waals surface area contributed by atoms with Gasteiger partial charge in [-0.15, -0.1) is 0 Å². The summed E-state index contributed by atoms with van der Waals surface area (Å²) in [6, 6.07) is 6.99. The van der Waals surface area contributed by atoms with Crippen molar-refractivity contribution in [2.45, 2.75) is 59.2 Å². The third kappa shape index (κ3) is 5.93. The van der Waals surface area contributed by atoms with Gasteiger partial charge in [0.2, 0.25) is 11.8 Å². The molecule has 128 valence electrons. The van der Waals surface area contributed by atoms with Crippen molar-refractivity contribution in [2.75, 3.05) is 7.11 Å². The standard InChI is InChI=1S/C18H28N2O3/c1-7-16(21)20(13(2)17(22)19-18(3,4)5)12-14-8-10-15(23-6)11-9-14/h8-11,13H,7,12H2,1-6H3,(H,19,22). The summed E-state index contributed by atoms with van der Waals surface area (Å²) in [5.74, 6) is 0.575. The summed E-state index contributed by atoms with van der Waals surface area (Å²) in [5, 5.41) is 2.93. The van der Waals surface area contributed by atoms with E-state index < -0.39 is 6.04 Å². The van der Waals surface area contributed by atoms with Crippen LogP contribution < -0.4 is 10.1 Å². The molecule has 0 aliphatic heterocycles. The first-order valence-corrected chi connectivity index (χ1v) is 7.92. The zero-order chi connectivity index (χ0) is 17.6. The summed E-state index contributed by atoms with van der Waals surface area (Å²) in [6.07, 6.45) is 0.364. The zero-order valence-electron chi connectivity index (χ0n) is 15.0. The van der Waals surface area contributed by atoms with Gasteiger partial charge in [0.15, 0.2) is 0 Å². The number of ether oxygens (including phenoxy) is 1. The number of nitrogens with zero attached hydrogens (tertiary/aromatic N) is 1. The maximum Gasteiger partial charge on any atom is 0.242 e. The molecule has 1 aromatic carbocycles. The lowest BCUT2D eigenvalue weighted by Crippen LogP contribution is -2.52. The van der Waals surface area contributed by atoms with Crippen LogP contribution in [0.4, 0.5) is 0 Å². The summed E-state index contributed by atoms with van der Waals surface area (Å²) >= 11 is 0. The first-order valence-electron chi connectivity index (χ1n) is 7.92. The van der Waals surface area contributed by atoms with Gasteiger partial charge in [-0.25, -0.2) is 0 Å². The van der Waals surface area contributed by atoms with E-state index in [4.69, 9.17) is 4.74 Å². The van der Waals surface area contributed by atoms with E-state index in [1.165, 1.54) is 0 Å². The molecule has 0 radical (unpaired) electrons. The molecule has 0 heterocycles. The molecule has 0 spiro atoms. The van der Waals surface area contributed by atoms with Crippen LogP contribution in [0.25, 0.3) is 0 Å². The average molecular weight is 320 g/mol. The van der Waals surface area contributed by atoms with Gasteiger partial charge in [-0.2, -0.15) is 0 Å². The molecule has 1 atom stereocenters. The maximum atomic E-state index is 12.4. The Morgan fingerprint density at radius 2 is 1.78 bits per heavy atom. The number of rotatable bonds is 6. The van der Waals surface area contributed by atoms with Gasteiger partial charge in [-0.05, 0) is 45.4 Å². The van der Waals surface area contributed by atoms with Crippen molar-refractivity contribution in [1.82, 2.24) is 10.2 Å². The van der Waals surface area contributed by atoms with E-state index in [-0.39, 0.29) is 17.4 Å². The Labute approximate surface area is 139 Å². The van der Waals surface area contributed by atoms with Crippen LogP contribution in [0.3, 0.4) is 0 Å². The monoisotopic (exact) mass is 320 g/mol. The van der Waals surface area contributed by atoms with Crippen molar-refractivity contribution in [1.29, 1.82) is 0 Å². The van der Waals surface area contributed by atoms with Crippen molar-refractivity contribution < 1.29 is 14.3 Å². The molecule has 0 fully saturated rings. The molecular formula is C18H28N2O3. The largest absolute Gasteiger partial charge is 0.497 e. The lowest BCUT2D eigenvalue weighted by Gasteiger charge is -2.31. The summed E-state index contributed by atoms with van der Waals surface area (Å²) in [7, 11) is 1.61. The highest BCUT2D eigenvalue weighted by molar-refractivity contribution is 5.87. The van der Waals surface area contributed by atoms with Crippen LogP contribution in [0, 0.1) is 0 Å². The van der Waals surface area contributed by atoms with E-state index in [2.05, 4.69) is 5.32 Å². The van der Waals surface area contributed by atoms with Crippen LogP contribution in [-0.4, -0.2) is 35.4 Å². The Morgan fingerprint density at radius 3 is 2.22 bits per heavy atom. The van der Waals surface area contributed by atoms with Crippen LogP contribution in [0.1, 0.15) is 46.6 Å². The number of methoxy groups -OCH3 is 1. The normalized spacial score (nSPS) is 12.4. The molecule has 0 saturated carbocycles. The maximum absolute atomic E-state index is 12.4. The number of benzene rings is 1. The minimum atomic E-state index is -0.524. The van der Waals surface area contributed by atoms with Crippen LogP contribution in [0.2, 0.25) is 0 Å². The molecule has 2 amide bonds. The van der Waals surface area contributed by atoms with Crippen molar-refractivity contribution in [3.8, 4) is 5.75 Å². The molecule has 1 aromatic rings. The number of amides is 2. The molecular weight excluding hydrogens is 292 g/mol. The van der Waals surface area contributed by atoms with Crippen molar-refractivity contribution in [3.05, 3.63) is 29.8 Å². The van der Waals surface area contributed by atoms with Gasteiger partial charge in [0.25, 0.3) is 0 Å². The fourth-order valence-corrected chi connectivity index (χ4v) is 2.19. The fourth-order valence-electron chi connectivity index (χ4n) is 2.19.